The number of hydrogen-bond donors (Lipinski definition) is 4. The zero-order valence-corrected chi connectivity index (χ0v) is 27.6. The fraction of sp³-hybridized carbons (Fsp3) is 0.333. The summed E-state index contributed by atoms with van der Waals surface area (Å²) in [5.41, 5.74) is 8.83. The molecule has 0 heterocycles. The Bertz CT molecular complexity index is 1680. The number of benzene rings is 4. The van der Waals surface area contributed by atoms with Crippen molar-refractivity contribution in [2.24, 2.45) is 11.7 Å². The van der Waals surface area contributed by atoms with E-state index in [2.05, 4.69) is 10.6 Å². The van der Waals surface area contributed by atoms with Gasteiger partial charge in [0.05, 0.1) is 31.0 Å². The molecule has 9 nitrogen and oxygen atoms in total. The number of fused-ring (bicyclic) bond motifs is 1. The van der Waals surface area contributed by atoms with Gasteiger partial charge in [0.15, 0.2) is 5.78 Å². The Labute approximate surface area is 281 Å². The van der Waals surface area contributed by atoms with Gasteiger partial charge in [0.25, 0.3) is 0 Å². The van der Waals surface area contributed by atoms with Crippen molar-refractivity contribution in [3.05, 3.63) is 114 Å². The number of aliphatic carboxylic acids is 1. The number of ketones is 1. The number of methoxy groups -OCH3 is 1. The van der Waals surface area contributed by atoms with E-state index < -0.39 is 29.9 Å². The Morgan fingerprint density at radius 1 is 0.792 bits per heavy atom. The van der Waals surface area contributed by atoms with Crippen LogP contribution >= 0.6 is 0 Å². The van der Waals surface area contributed by atoms with Crippen molar-refractivity contribution in [3.8, 4) is 5.75 Å². The first-order chi connectivity index (χ1) is 23.1. The van der Waals surface area contributed by atoms with Gasteiger partial charge in [0.2, 0.25) is 11.8 Å². The maximum Gasteiger partial charge on any atom is 0.306 e. The Hall–Kier alpha value is -5.02. The Morgan fingerprint density at radius 3 is 2.06 bits per heavy atom. The molecule has 0 saturated carbocycles. The standard InChI is InChI=1S/C39H45N3O6/c1-26(29-16-17-31-24-33(48-2)19-18-30(31)23-29)37(44)41-20-10-9-15-32(39(46)47)25-36(43)35(22-28-13-7-4-8-14-28)42-38(45)34(40)21-27-11-5-3-6-12-27/h3-8,11-14,16-19,23-24,26,32,34-35H,9-10,15,20-22,25,40H2,1-2H3,(H,41,44)(H,42,45)(H,46,47)/t26-,32-,34+,35+/m0/s1. The number of carbonyl (C=O) groups is 4. The first-order valence-corrected chi connectivity index (χ1v) is 16.4. The summed E-state index contributed by atoms with van der Waals surface area (Å²) in [4.78, 5) is 51.6. The van der Waals surface area contributed by atoms with E-state index in [0.29, 0.717) is 25.8 Å². The molecule has 0 saturated heterocycles. The molecular formula is C39H45N3O6. The Balaban J connectivity index is 1.28. The van der Waals surface area contributed by atoms with Crippen LogP contribution in [-0.4, -0.2) is 54.4 Å². The number of carboxylic acids is 1. The summed E-state index contributed by atoms with van der Waals surface area (Å²) in [6.07, 6.45) is 1.65. The highest BCUT2D eigenvalue weighted by Crippen LogP contribution is 2.25. The van der Waals surface area contributed by atoms with Gasteiger partial charge < -0.3 is 26.2 Å². The molecule has 4 aromatic carbocycles. The van der Waals surface area contributed by atoms with Crippen molar-refractivity contribution in [3.63, 3.8) is 0 Å². The van der Waals surface area contributed by atoms with E-state index in [9.17, 15) is 24.3 Å². The molecule has 4 aromatic rings. The number of carboxylic acid groups (broad SMARTS) is 1. The van der Waals surface area contributed by atoms with Gasteiger partial charge in [0, 0.05) is 13.0 Å². The minimum Gasteiger partial charge on any atom is -0.497 e. The van der Waals surface area contributed by atoms with Gasteiger partial charge in [-0.15, -0.1) is 0 Å². The average Bonchev–Trinajstić information content (AvgIpc) is 3.10. The van der Waals surface area contributed by atoms with Crippen LogP contribution < -0.4 is 21.1 Å². The van der Waals surface area contributed by atoms with Gasteiger partial charge in [-0.05, 0) is 72.2 Å². The second-order valence-electron chi connectivity index (χ2n) is 12.2. The van der Waals surface area contributed by atoms with Crippen molar-refractivity contribution in [1.29, 1.82) is 0 Å². The lowest BCUT2D eigenvalue weighted by molar-refractivity contribution is -0.144. The third-order valence-electron chi connectivity index (χ3n) is 8.66. The predicted octanol–water partition coefficient (Wildman–Crippen LogP) is 5.20. The van der Waals surface area contributed by atoms with Gasteiger partial charge in [-0.25, -0.2) is 0 Å². The number of Topliss-reactive ketones (excluding diaryl/α,β-unsaturated/α-hetero) is 1. The van der Waals surface area contributed by atoms with Crippen LogP contribution in [0, 0.1) is 5.92 Å². The molecule has 4 rings (SSSR count). The third kappa shape index (κ3) is 10.5. The molecule has 0 radical (unpaired) electrons. The molecule has 252 valence electrons. The van der Waals surface area contributed by atoms with E-state index >= 15 is 0 Å². The minimum atomic E-state index is -1.07. The van der Waals surface area contributed by atoms with Crippen LogP contribution in [0.2, 0.25) is 0 Å². The van der Waals surface area contributed by atoms with Crippen LogP contribution in [0.1, 0.15) is 55.2 Å². The van der Waals surface area contributed by atoms with Crippen LogP contribution in [0.15, 0.2) is 97.1 Å². The van der Waals surface area contributed by atoms with Crippen molar-refractivity contribution in [2.75, 3.05) is 13.7 Å². The predicted molar refractivity (Wildman–Crippen MR) is 187 cm³/mol. The number of amides is 2. The Morgan fingerprint density at radius 2 is 1.42 bits per heavy atom. The molecular weight excluding hydrogens is 606 g/mol. The SMILES string of the molecule is COc1ccc2cc([C@H](C)C(=O)NCCCC[C@@H](CC(=O)[C@@H](Cc3ccccc3)NC(=O)[C@H](N)Cc3ccccc3)C(=O)O)ccc2c1. The number of hydrogen-bond acceptors (Lipinski definition) is 6. The topological polar surface area (TPSA) is 148 Å². The normalized spacial score (nSPS) is 13.6. The fourth-order valence-corrected chi connectivity index (χ4v) is 5.70. The number of carbonyl (C=O) groups excluding carboxylic acids is 3. The first kappa shape index (κ1) is 35.8. The molecule has 0 aliphatic rings. The molecule has 0 spiro atoms. The molecule has 0 fully saturated rings. The summed E-state index contributed by atoms with van der Waals surface area (Å²) in [7, 11) is 1.62. The second-order valence-corrected chi connectivity index (χ2v) is 12.2. The highest BCUT2D eigenvalue weighted by atomic mass is 16.5. The molecule has 0 bridgehead atoms. The lowest BCUT2D eigenvalue weighted by Crippen LogP contribution is -2.50. The van der Waals surface area contributed by atoms with E-state index in [1.54, 1.807) is 7.11 Å². The minimum absolute atomic E-state index is 0.113. The number of nitrogens with two attached hydrogens (primary N) is 1. The van der Waals surface area contributed by atoms with Crippen molar-refractivity contribution in [2.45, 2.75) is 63.5 Å². The van der Waals surface area contributed by atoms with E-state index in [1.807, 2.05) is 104 Å². The van der Waals surface area contributed by atoms with Crippen LogP contribution in [0.25, 0.3) is 10.8 Å². The number of rotatable bonds is 18. The smallest absolute Gasteiger partial charge is 0.306 e. The molecule has 0 aromatic heterocycles. The molecule has 5 N–H and O–H groups in total. The summed E-state index contributed by atoms with van der Waals surface area (Å²) >= 11 is 0. The van der Waals surface area contributed by atoms with Gasteiger partial charge in [0.1, 0.15) is 5.75 Å². The van der Waals surface area contributed by atoms with Crippen molar-refractivity contribution in [1.82, 2.24) is 10.6 Å². The van der Waals surface area contributed by atoms with E-state index in [4.69, 9.17) is 10.5 Å². The number of unbranched alkanes of at least 4 members (excludes halogenated alkanes) is 1. The van der Waals surface area contributed by atoms with Crippen LogP contribution in [0.4, 0.5) is 0 Å². The molecule has 0 unspecified atom stereocenters. The first-order valence-electron chi connectivity index (χ1n) is 16.4. The third-order valence-corrected chi connectivity index (χ3v) is 8.66. The average molecular weight is 652 g/mol. The number of ether oxygens (including phenoxy) is 1. The highest BCUT2D eigenvalue weighted by molar-refractivity contribution is 5.93. The monoisotopic (exact) mass is 651 g/mol. The van der Waals surface area contributed by atoms with Gasteiger partial charge in [-0.1, -0.05) is 91.3 Å². The maximum atomic E-state index is 13.5. The fourth-order valence-electron chi connectivity index (χ4n) is 5.70. The molecule has 48 heavy (non-hydrogen) atoms. The molecule has 0 aliphatic heterocycles. The van der Waals surface area contributed by atoms with Crippen molar-refractivity contribution >= 4 is 34.3 Å². The molecule has 4 atom stereocenters. The summed E-state index contributed by atoms with van der Waals surface area (Å²) in [6.45, 7) is 2.24. The van der Waals surface area contributed by atoms with E-state index in [0.717, 1.165) is 33.2 Å². The van der Waals surface area contributed by atoms with Crippen molar-refractivity contribution < 1.29 is 29.0 Å². The lowest BCUT2D eigenvalue weighted by atomic mass is 9.91. The quantitative estimate of drug-likeness (QED) is 0.108. The van der Waals surface area contributed by atoms with Gasteiger partial charge in [-0.3, -0.25) is 19.2 Å². The lowest BCUT2D eigenvalue weighted by Gasteiger charge is -2.22. The van der Waals surface area contributed by atoms with Crippen LogP contribution in [-0.2, 0) is 32.0 Å². The zero-order valence-electron chi connectivity index (χ0n) is 27.6. The Kier molecular flexibility index (Phi) is 13.3. The highest BCUT2D eigenvalue weighted by Gasteiger charge is 2.29. The van der Waals surface area contributed by atoms with E-state index in [1.165, 1.54) is 0 Å². The summed E-state index contributed by atoms with van der Waals surface area (Å²) in [5, 5.41) is 17.7. The van der Waals surface area contributed by atoms with E-state index in [-0.39, 0.29) is 36.9 Å². The summed E-state index contributed by atoms with van der Waals surface area (Å²) < 4.78 is 5.29. The largest absolute Gasteiger partial charge is 0.497 e. The summed E-state index contributed by atoms with van der Waals surface area (Å²) in [6, 6.07) is 28.6. The second kappa shape index (κ2) is 17.8. The summed E-state index contributed by atoms with van der Waals surface area (Å²) in [5.74, 6) is -2.52. The van der Waals surface area contributed by atoms with Crippen LogP contribution in [0.5, 0.6) is 5.75 Å². The number of nitrogens with one attached hydrogen (secondary N) is 2. The molecule has 9 heteroatoms. The maximum absolute atomic E-state index is 13.5. The zero-order chi connectivity index (χ0) is 34.5. The van der Waals surface area contributed by atoms with Crippen LogP contribution in [0.3, 0.4) is 0 Å². The van der Waals surface area contributed by atoms with Gasteiger partial charge >= 0.3 is 5.97 Å². The van der Waals surface area contributed by atoms with Gasteiger partial charge in [-0.2, -0.15) is 0 Å². The molecule has 0 aliphatic carbocycles. The molecule has 2 amide bonds.